The molecule has 0 saturated carbocycles. The van der Waals surface area contributed by atoms with Crippen LogP contribution in [0.15, 0.2) is 60.7 Å². The number of carboxylic acids is 1. The van der Waals surface area contributed by atoms with Crippen LogP contribution in [0.1, 0.15) is 51.6 Å². The lowest BCUT2D eigenvalue weighted by atomic mass is 9.98. The van der Waals surface area contributed by atoms with Gasteiger partial charge in [-0.15, -0.1) is 0 Å². The third kappa shape index (κ3) is 5.44. The van der Waals surface area contributed by atoms with Gasteiger partial charge < -0.3 is 14.6 Å². The first-order chi connectivity index (χ1) is 17.9. The Hall–Kier alpha value is -3.91. The van der Waals surface area contributed by atoms with Crippen molar-refractivity contribution in [2.45, 2.75) is 45.3 Å². The highest BCUT2D eigenvalue weighted by Gasteiger charge is 2.40. The molecule has 0 bridgehead atoms. The zero-order valence-corrected chi connectivity index (χ0v) is 21.1. The number of carboxylic acid groups (broad SMARTS) is 1. The number of nitrogens with zero attached hydrogens (tertiary/aromatic N) is 3. The van der Waals surface area contributed by atoms with Gasteiger partial charge in [0.15, 0.2) is 0 Å². The van der Waals surface area contributed by atoms with Crippen LogP contribution in [0.2, 0.25) is 0 Å². The lowest BCUT2D eigenvalue weighted by Crippen LogP contribution is -2.46. The number of pyridine rings is 1. The van der Waals surface area contributed by atoms with Gasteiger partial charge in [-0.2, -0.15) is 0 Å². The zero-order valence-electron chi connectivity index (χ0n) is 21.1. The van der Waals surface area contributed by atoms with Crippen LogP contribution in [-0.4, -0.2) is 57.7 Å². The summed E-state index contributed by atoms with van der Waals surface area (Å²) in [5, 5.41) is 9.21. The van der Waals surface area contributed by atoms with Gasteiger partial charge in [-0.3, -0.25) is 9.80 Å². The van der Waals surface area contributed by atoms with E-state index in [1.165, 1.54) is 0 Å². The maximum atomic E-state index is 12.5. The molecule has 1 N–H and O–H groups in total. The Labute approximate surface area is 216 Å². The monoisotopic (exact) mass is 501 g/mol. The highest BCUT2D eigenvalue weighted by molar-refractivity contribution is 5.89. The molecule has 1 aromatic heterocycles. The molecule has 2 saturated heterocycles. The maximum absolute atomic E-state index is 12.5. The fourth-order valence-electron chi connectivity index (χ4n) is 5.22. The summed E-state index contributed by atoms with van der Waals surface area (Å²) in [5.74, 6) is 0.0724. The maximum Gasteiger partial charge on any atom is 0.410 e. The first kappa shape index (κ1) is 24.8. The SMILES string of the molecule is Cc1cc(Oc2ccc(CN3CCC(N4C(=O)OC[C@H]4c4ccccc4)CC3)c(C)n2)ccc1C(=O)O. The molecular formula is C29H31N3O5. The smallest absolute Gasteiger partial charge is 0.410 e. The Morgan fingerprint density at radius 3 is 2.51 bits per heavy atom. The lowest BCUT2D eigenvalue weighted by molar-refractivity contribution is 0.0696. The lowest BCUT2D eigenvalue weighted by Gasteiger charge is -2.38. The minimum absolute atomic E-state index is 0.0200. The average molecular weight is 502 g/mol. The van der Waals surface area contributed by atoms with Gasteiger partial charge in [0, 0.05) is 37.4 Å². The molecule has 0 aliphatic carbocycles. The number of benzene rings is 2. The predicted octanol–water partition coefficient (Wildman–Crippen LogP) is 5.35. The van der Waals surface area contributed by atoms with Crippen LogP contribution in [-0.2, 0) is 11.3 Å². The molecule has 8 heteroatoms. The largest absolute Gasteiger partial charge is 0.478 e. The quantitative estimate of drug-likeness (QED) is 0.467. The van der Waals surface area contributed by atoms with Gasteiger partial charge >= 0.3 is 12.1 Å². The Balaban J connectivity index is 1.18. The normalized spacial score (nSPS) is 18.6. The van der Waals surface area contributed by atoms with Crippen LogP contribution in [0.4, 0.5) is 4.79 Å². The number of cyclic esters (lactones) is 1. The Bertz CT molecular complexity index is 1290. The van der Waals surface area contributed by atoms with Gasteiger partial charge in [0.25, 0.3) is 0 Å². The first-order valence-corrected chi connectivity index (χ1v) is 12.6. The fraction of sp³-hybridized carbons (Fsp3) is 0.345. The number of ether oxygens (including phenoxy) is 2. The number of aromatic carboxylic acids is 1. The van der Waals surface area contributed by atoms with Crippen molar-refractivity contribution >= 4 is 12.1 Å². The molecule has 8 nitrogen and oxygen atoms in total. The molecule has 192 valence electrons. The van der Waals surface area contributed by atoms with Gasteiger partial charge in [0.1, 0.15) is 12.4 Å². The highest BCUT2D eigenvalue weighted by atomic mass is 16.6. The van der Waals surface area contributed by atoms with Crippen molar-refractivity contribution in [1.82, 2.24) is 14.8 Å². The van der Waals surface area contributed by atoms with Crippen LogP contribution in [0.25, 0.3) is 0 Å². The van der Waals surface area contributed by atoms with E-state index in [1.54, 1.807) is 25.1 Å². The number of rotatable bonds is 7. The van der Waals surface area contributed by atoms with Crippen molar-refractivity contribution in [3.63, 3.8) is 0 Å². The van der Waals surface area contributed by atoms with E-state index in [0.29, 0.717) is 23.8 Å². The average Bonchev–Trinajstić information content (AvgIpc) is 3.28. The summed E-state index contributed by atoms with van der Waals surface area (Å²) in [6.07, 6.45) is 1.59. The Morgan fingerprint density at radius 2 is 1.84 bits per heavy atom. The topological polar surface area (TPSA) is 92.2 Å². The second kappa shape index (κ2) is 10.6. The third-order valence-electron chi connectivity index (χ3n) is 7.26. The first-order valence-electron chi connectivity index (χ1n) is 12.6. The van der Waals surface area contributed by atoms with Gasteiger partial charge in [-0.05, 0) is 61.6 Å². The molecule has 37 heavy (non-hydrogen) atoms. The number of carbonyl (C=O) groups excluding carboxylic acids is 1. The van der Waals surface area contributed by atoms with E-state index in [2.05, 4.69) is 22.0 Å². The molecule has 0 spiro atoms. The molecule has 1 amide bonds. The number of likely N-dealkylation sites (tertiary alicyclic amines) is 1. The van der Waals surface area contributed by atoms with E-state index < -0.39 is 5.97 Å². The second-order valence-electron chi connectivity index (χ2n) is 9.70. The number of aromatic nitrogens is 1. The standard InChI is InChI=1S/C29H31N3O5/c1-19-16-24(9-10-25(19)28(33)34)37-27-11-8-22(20(2)30-27)17-31-14-12-23(13-15-31)32-26(18-36-29(32)35)21-6-4-3-5-7-21/h3-11,16,23,26H,12-15,17-18H2,1-2H3,(H,33,34)/t26-/m0/s1. The predicted molar refractivity (Wildman–Crippen MR) is 138 cm³/mol. The number of hydrogen-bond donors (Lipinski definition) is 1. The molecule has 5 rings (SSSR count). The highest BCUT2D eigenvalue weighted by Crippen LogP contribution is 2.33. The minimum Gasteiger partial charge on any atom is -0.478 e. The molecular weight excluding hydrogens is 470 g/mol. The minimum atomic E-state index is -0.956. The number of carbonyl (C=O) groups is 2. The van der Waals surface area contributed by atoms with E-state index in [0.717, 1.165) is 49.3 Å². The number of hydrogen-bond acceptors (Lipinski definition) is 6. The molecule has 3 aromatic rings. The van der Waals surface area contributed by atoms with Crippen molar-refractivity contribution in [3.8, 4) is 11.6 Å². The van der Waals surface area contributed by atoms with Crippen LogP contribution < -0.4 is 4.74 Å². The zero-order chi connectivity index (χ0) is 25.9. The number of piperidine rings is 1. The Morgan fingerprint density at radius 1 is 1.08 bits per heavy atom. The van der Waals surface area contributed by atoms with Crippen molar-refractivity contribution in [1.29, 1.82) is 0 Å². The van der Waals surface area contributed by atoms with Gasteiger partial charge in [-0.1, -0.05) is 36.4 Å². The molecule has 1 atom stereocenters. The molecule has 2 aromatic carbocycles. The van der Waals surface area contributed by atoms with Crippen molar-refractivity contribution < 1.29 is 24.2 Å². The van der Waals surface area contributed by atoms with E-state index in [1.807, 2.05) is 42.2 Å². The van der Waals surface area contributed by atoms with E-state index in [9.17, 15) is 14.7 Å². The number of amides is 1. The van der Waals surface area contributed by atoms with Crippen LogP contribution >= 0.6 is 0 Å². The van der Waals surface area contributed by atoms with Crippen LogP contribution in [0, 0.1) is 13.8 Å². The summed E-state index contributed by atoms with van der Waals surface area (Å²) in [7, 11) is 0. The van der Waals surface area contributed by atoms with E-state index in [4.69, 9.17) is 9.47 Å². The van der Waals surface area contributed by atoms with Crippen LogP contribution in [0.5, 0.6) is 11.6 Å². The summed E-state index contributed by atoms with van der Waals surface area (Å²) >= 11 is 0. The summed E-state index contributed by atoms with van der Waals surface area (Å²) in [6, 6.07) is 19.0. The van der Waals surface area contributed by atoms with Gasteiger partial charge in [-0.25, -0.2) is 14.6 Å². The molecule has 2 fully saturated rings. The van der Waals surface area contributed by atoms with Gasteiger partial charge in [0.05, 0.1) is 11.6 Å². The molecule has 3 heterocycles. The molecule has 2 aliphatic heterocycles. The molecule has 0 radical (unpaired) electrons. The van der Waals surface area contributed by atoms with E-state index in [-0.39, 0.29) is 23.7 Å². The molecule has 2 aliphatic rings. The van der Waals surface area contributed by atoms with Crippen molar-refractivity contribution in [2.24, 2.45) is 0 Å². The fourth-order valence-corrected chi connectivity index (χ4v) is 5.22. The molecule has 0 unspecified atom stereocenters. The summed E-state index contributed by atoms with van der Waals surface area (Å²) in [6.45, 7) is 6.69. The Kier molecular flexibility index (Phi) is 7.10. The summed E-state index contributed by atoms with van der Waals surface area (Å²) < 4.78 is 11.3. The van der Waals surface area contributed by atoms with Crippen molar-refractivity contribution in [3.05, 3.63) is 88.6 Å². The third-order valence-corrected chi connectivity index (χ3v) is 7.26. The second-order valence-corrected chi connectivity index (χ2v) is 9.70. The number of aryl methyl sites for hydroxylation is 2. The van der Waals surface area contributed by atoms with E-state index >= 15 is 0 Å². The summed E-state index contributed by atoms with van der Waals surface area (Å²) in [4.78, 5) is 32.7. The summed E-state index contributed by atoms with van der Waals surface area (Å²) in [5.41, 5.74) is 4.04. The van der Waals surface area contributed by atoms with Crippen molar-refractivity contribution in [2.75, 3.05) is 19.7 Å². The van der Waals surface area contributed by atoms with Gasteiger partial charge in [0.2, 0.25) is 5.88 Å². The van der Waals surface area contributed by atoms with Crippen LogP contribution in [0.3, 0.4) is 0 Å².